The van der Waals surface area contributed by atoms with E-state index in [0.717, 1.165) is 25.7 Å². The Hall–Kier alpha value is -1.58. The van der Waals surface area contributed by atoms with Crippen LogP contribution in [0.4, 0.5) is 0 Å². The van der Waals surface area contributed by atoms with E-state index in [1.54, 1.807) is 0 Å². The lowest BCUT2D eigenvalue weighted by atomic mass is 10.1. The van der Waals surface area contributed by atoms with Crippen molar-refractivity contribution in [1.29, 1.82) is 0 Å². The van der Waals surface area contributed by atoms with E-state index in [1.807, 2.05) is 6.92 Å². The van der Waals surface area contributed by atoms with Gasteiger partial charge in [0.15, 0.2) is 0 Å². The number of hydrogen-bond donors (Lipinski definition) is 2. The molecule has 0 aromatic carbocycles. The minimum Gasteiger partial charge on any atom is -0.354 e. The summed E-state index contributed by atoms with van der Waals surface area (Å²) < 4.78 is 0. The second-order valence-electron chi connectivity index (χ2n) is 11.5. The third-order valence-corrected chi connectivity index (χ3v) is 7.34. The fourth-order valence-electron chi connectivity index (χ4n) is 4.76. The molecule has 4 nitrogen and oxygen atoms in total. The van der Waals surface area contributed by atoms with E-state index >= 15 is 0 Å². The minimum absolute atomic E-state index is 0.0186. The van der Waals surface area contributed by atoms with E-state index in [1.165, 1.54) is 116 Å². The Morgan fingerprint density at radius 1 is 0.513 bits per heavy atom. The molecule has 39 heavy (non-hydrogen) atoms. The summed E-state index contributed by atoms with van der Waals surface area (Å²) in [5.41, 5.74) is 0. The van der Waals surface area contributed by atoms with E-state index in [4.69, 9.17) is 0 Å². The second-order valence-corrected chi connectivity index (χ2v) is 11.5. The van der Waals surface area contributed by atoms with E-state index in [9.17, 15) is 9.59 Å². The maximum Gasteiger partial charge on any atom is 0.220 e. The van der Waals surface area contributed by atoms with Crippen LogP contribution in [0, 0.1) is 0 Å². The van der Waals surface area contributed by atoms with Gasteiger partial charge in [-0.2, -0.15) is 0 Å². The first-order valence-corrected chi connectivity index (χ1v) is 17.0. The molecule has 0 aromatic heterocycles. The molecule has 0 spiro atoms. The largest absolute Gasteiger partial charge is 0.354 e. The highest BCUT2D eigenvalue weighted by Crippen LogP contribution is 2.10. The van der Waals surface area contributed by atoms with Crippen LogP contribution in [0.1, 0.15) is 175 Å². The molecule has 0 bridgehead atoms. The summed E-state index contributed by atoms with van der Waals surface area (Å²) in [6.45, 7) is 6.99. The van der Waals surface area contributed by atoms with Crippen LogP contribution < -0.4 is 10.6 Å². The monoisotopic (exact) mass is 547 g/mol. The number of hydrogen-bond acceptors (Lipinski definition) is 2. The minimum atomic E-state index is -0.0186. The molecule has 0 aliphatic rings. The van der Waals surface area contributed by atoms with Gasteiger partial charge in [0.2, 0.25) is 11.8 Å². The van der Waals surface area contributed by atoms with E-state index < -0.39 is 0 Å². The van der Waals surface area contributed by atoms with Gasteiger partial charge in [0.1, 0.15) is 0 Å². The average molecular weight is 547 g/mol. The second kappa shape index (κ2) is 31.0. The SMILES string of the molecule is CCCCCCC=CCCCCCCCC(=O)NCC(C)NC(=O)CCCCCCCC=CCCCCCC. The Morgan fingerprint density at radius 2 is 0.872 bits per heavy atom. The summed E-state index contributed by atoms with van der Waals surface area (Å²) in [6.07, 6.45) is 37.7. The summed E-state index contributed by atoms with van der Waals surface area (Å²) in [4.78, 5) is 24.3. The molecule has 2 N–H and O–H groups in total. The first-order chi connectivity index (χ1) is 19.1. The van der Waals surface area contributed by atoms with Crippen LogP contribution in [0.25, 0.3) is 0 Å². The number of unbranched alkanes of at least 4 members (excludes halogenated alkanes) is 18. The molecular weight excluding hydrogens is 480 g/mol. The number of carbonyl (C=O) groups is 2. The predicted octanol–water partition coefficient (Wildman–Crippen LogP) is 10.1. The summed E-state index contributed by atoms with van der Waals surface area (Å²) in [5, 5.41) is 6.01. The van der Waals surface area contributed by atoms with Gasteiger partial charge in [-0.25, -0.2) is 0 Å². The molecule has 0 aromatic rings. The standard InChI is InChI=1S/C35H66N2O2/c1-4-6-8-10-12-14-16-18-20-22-24-26-28-30-34(38)36-32-33(3)37-35(39)31-29-27-25-23-21-19-17-15-13-11-9-7-5-2/h14-17,33H,4-13,18-32H2,1-3H3,(H,36,38)(H,37,39). The van der Waals surface area contributed by atoms with Gasteiger partial charge in [-0.3, -0.25) is 9.59 Å². The highest BCUT2D eigenvalue weighted by molar-refractivity contribution is 5.77. The molecule has 0 rings (SSSR count). The molecule has 0 heterocycles. The molecule has 0 saturated heterocycles. The number of rotatable bonds is 29. The van der Waals surface area contributed by atoms with Crippen molar-refractivity contribution in [2.24, 2.45) is 0 Å². The smallest absolute Gasteiger partial charge is 0.220 e. The molecule has 0 radical (unpaired) electrons. The van der Waals surface area contributed by atoms with Crippen molar-refractivity contribution in [3.63, 3.8) is 0 Å². The normalized spacial score (nSPS) is 12.4. The quantitative estimate of drug-likeness (QED) is 0.0724. The zero-order chi connectivity index (χ0) is 28.7. The maximum atomic E-state index is 12.2. The zero-order valence-corrected chi connectivity index (χ0v) is 26.4. The highest BCUT2D eigenvalue weighted by Gasteiger charge is 2.09. The molecule has 0 aliphatic carbocycles. The summed E-state index contributed by atoms with van der Waals surface area (Å²) in [5.74, 6) is 0.211. The Balaban J connectivity index is 3.48. The van der Waals surface area contributed by atoms with Gasteiger partial charge in [0.05, 0.1) is 0 Å². The zero-order valence-electron chi connectivity index (χ0n) is 26.4. The van der Waals surface area contributed by atoms with Crippen molar-refractivity contribution in [1.82, 2.24) is 10.6 Å². The third kappa shape index (κ3) is 30.8. The van der Waals surface area contributed by atoms with Crippen LogP contribution in [-0.4, -0.2) is 24.4 Å². The summed E-state index contributed by atoms with van der Waals surface area (Å²) >= 11 is 0. The molecule has 0 saturated carbocycles. The fourth-order valence-corrected chi connectivity index (χ4v) is 4.76. The van der Waals surface area contributed by atoms with Gasteiger partial charge < -0.3 is 10.6 Å². The first-order valence-electron chi connectivity index (χ1n) is 17.0. The lowest BCUT2D eigenvalue weighted by molar-refractivity contribution is -0.123. The molecule has 1 atom stereocenters. The van der Waals surface area contributed by atoms with Crippen LogP contribution in [0.5, 0.6) is 0 Å². The summed E-state index contributed by atoms with van der Waals surface area (Å²) in [7, 11) is 0. The average Bonchev–Trinajstić information content (AvgIpc) is 2.92. The first kappa shape index (κ1) is 37.4. The van der Waals surface area contributed by atoms with Crippen molar-refractivity contribution < 1.29 is 9.59 Å². The van der Waals surface area contributed by atoms with E-state index in [0.29, 0.717) is 19.4 Å². The van der Waals surface area contributed by atoms with Crippen LogP contribution in [0.2, 0.25) is 0 Å². The Bertz CT molecular complexity index is 599. The Kier molecular flexibility index (Phi) is 29.7. The van der Waals surface area contributed by atoms with Crippen molar-refractivity contribution >= 4 is 11.8 Å². The number of amides is 2. The molecular formula is C35H66N2O2. The van der Waals surface area contributed by atoms with Crippen molar-refractivity contribution in [2.75, 3.05) is 6.54 Å². The Labute approximate surface area is 243 Å². The van der Waals surface area contributed by atoms with Gasteiger partial charge in [-0.1, -0.05) is 115 Å². The molecule has 4 heteroatoms. The van der Waals surface area contributed by atoms with Crippen LogP contribution >= 0.6 is 0 Å². The number of carbonyl (C=O) groups excluding carboxylic acids is 2. The lowest BCUT2D eigenvalue weighted by Gasteiger charge is -2.15. The summed E-state index contributed by atoms with van der Waals surface area (Å²) in [6, 6.07) is -0.0186. The topological polar surface area (TPSA) is 58.2 Å². The molecule has 2 amide bonds. The lowest BCUT2D eigenvalue weighted by Crippen LogP contribution is -2.41. The van der Waals surface area contributed by atoms with Crippen LogP contribution in [0.15, 0.2) is 24.3 Å². The molecule has 1 unspecified atom stereocenters. The number of allylic oxidation sites excluding steroid dienone is 4. The van der Waals surface area contributed by atoms with Crippen molar-refractivity contribution in [2.45, 2.75) is 181 Å². The van der Waals surface area contributed by atoms with Gasteiger partial charge in [0, 0.05) is 25.4 Å². The predicted molar refractivity (Wildman–Crippen MR) is 171 cm³/mol. The molecule has 0 aliphatic heterocycles. The third-order valence-electron chi connectivity index (χ3n) is 7.34. The van der Waals surface area contributed by atoms with Crippen LogP contribution in [0.3, 0.4) is 0 Å². The highest BCUT2D eigenvalue weighted by atomic mass is 16.2. The van der Waals surface area contributed by atoms with Crippen molar-refractivity contribution in [3.8, 4) is 0 Å². The van der Waals surface area contributed by atoms with Crippen molar-refractivity contribution in [3.05, 3.63) is 24.3 Å². The van der Waals surface area contributed by atoms with Crippen LogP contribution in [-0.2, 0) is 9.59 Å². The maximum absolute atomic E-state index is 12.2. The number of nitrogens with one attached hydrogen (secondary N) is 2. The van der Waals surface area contributed by atoms with Gasteiger partial charge in [-0.15, -0.1) is 0 Å². The molecule has 228 valence electrons. The van der Waals surface area contributed by atoms with E-state index in [2.05, 4.69) is 48.8 Å². The Morgan fingerprint density at radius 3 is 1.31 bits per heavy atom. The van der Waals surface area contributed by atoms with Gasteiger partial charge in [-0.05, 0) is 71.1 Å². The van der Waals surface area contributed by atoms with Gasteiger partial charge in [0.25, 0.3) is 0 Å². The molecule has 0 fully saturated rings. The van der Waals surface area contributed by atoms with E-state index in [-0.39, 0.29) is 17.9 Å². The van der Waals surface area contributed by atoms with Gasteiger partial charge >= 0.3 is 0 Å². The fraction of sp³-hybridized carbons (Fsp3) is 0.829.